The molecule has 4 atom stereocenters. The van der Waals surface area contributed by atoms with Crippen molar-refractivity contribution in [2.24, 2.45) is 11.7 Å². The molecule has 23 heavy (non-hydrogen) atoms. The first-order chi connectivity index (χ1) is 10.9. The van der Waals surface area contributed by atoms with Crippen LogP contribution in [0, 0.1) is 27.4 Å². The van der Waals surface area contributed by atoms with Crippen LogP contribution in [0.5, 0.6) is 0 Å². The molecule has 0 radical (unpaired) electrons. The number of rotatable bonds is 2. The zero-order chi connectivity index (χ0) is 16.7. The van der Waals surface area contributed by atoms with E-state index in [1.54, 1.807) is 6.07 Å². The molecule has 0 bridgehead atoms. The topological polar surface area (TPSA) is 126 Å². The maximum atomic E-state index is 11.1. The van der Waals surface area contributed by atoms with Crippen molar-refractivity contribution in [3.05, 3.63) is 50.4 Å². The van der Waals surface area contributed by atoms with Crippen molar-refractivity contribution in [3.63, 3.8) is 0 Å². The summed E-state index contributed by atoms with van der Waals surface area (Å²) in [6.45, 7) is 1.94. The summed E-state index contributed by atoms with van der Waals surface area (Å²) in [5.41, 5.74) is 12.6. The number of hydrogen-bond donors (Lipinski definition) is 3. The van der Waals surface area contributed by atoms with E-state index in [-0.39, 0.29) is 34.1 Å². The van der Waals surface area contributed by atoms with Gasteiger partial charge in [-0.1, -0.05) is 17.7 Å². The van der Waals surface area contributed by atoms with E-state index in [1.807, 2.05) is 6.92 Å². The summed E-state index contributed by atoms with van der Waals surface area (Å²) in [4.78, 5) is 10.6. The van der Waals surface area contributed by atoms with Crippen LogP contribution in [0.3, 0.4) is 0 Å². The molecule has 1 saturated heterocycles. The summed E-state index contributed by atoms with van der Waals surface area (Å²) in [7, 11) is 0. The van der Waals surface area contributed by atoms with E-state index in [0.29, 0.717) is 5.56 Å². The monoisotopic (exact) mass is 335 g/mol. The lowest BCUT2D eigenvalue weighted by molar-refractivity contribution is -0.384. The van der Waals surface area contributed by atoms with E-state index in [4.69, 9.17) is 22.1 Å². The standard InChI is InChI=1S/C14H14ClN5O3/c1-6-11-12(7-2-3-9(15)10(4-7)20(21)22)8(5-16)13(17)23-14(11)19-18-6/h2-4,6,11-12,14,18-19H,17H2,1H3. The van der Waals surface area contributed by atoms with Crippen LogP contribution in [-0.2, 0) is 4.74 Å². The molecule has 1 aromatic carbocycles. The van der Waals surface area contributed by atoms with Gasteiger partial charge in [0.05, 0.1) is 10.5 Å². The van der Waals surface area contributed by atoms with Crippen molar-refractivity contribution in [1.29, 1.82) is 5.26 Å². The average molecular weight is 336 g/mol. The Kier molecular flexibility index (Phi) is 3.85. The highest BCUT2D eigenvalue weighted by Gasteiger charge is 2.47. The van der Waals surface area contributed by atoms with Gasteiger partial charge in [0, 0.05) is 23.9 Å². The summed E-state index contributed by atoms with van der Waals surface area (Å²) in [6, 6.07) is 6.59. The molecule has 4 unspecified atom stereocenters. The number of nitro benzene ring substituents is 1. The molecule has 0 spiro atoms. The molecular formula is C14H14ClN5O3. The van der Waals surface area contributed by atoms with Crippen molar-refractivity contribution in [2.75, 3.05) is 0 Å². The average Bonchev–Trinajstić information content (AvgIpc) is 2.87. The smallest absolute Gasteiger partial charge is 0.288 e. The predicted octanol–water partition coefficient (Wildman–Crippen LogP) is 1.49. The SMILES string of the molecule is CC1NNC2OC(N)=C(C#N)C(c3ccc(Cl)c([N+](=O)[O-])c3)C12. The maximum absolute atomic E-state index is 11.1. The van der Waals surface area contributed by atoms with Crippen molar-refractivity contribution in [2.45, 2.75) is 25.1 Å². The largest absolute Gasteiger partial charge is 0.458 e. The second kappa shape index (κ2) is 5.70. The number of nitriles is 1. The van der Waals surface area contributed by atoms with Crippen LogP contribution in [0.25, 0.3) is 0 Å². The van der Waals surface area contributed by atoms with Crippen molar-refractivity contribution < 1.29 is 9.66 Å². The Morgan fingerprint density at radius 1 is 1.48 bits per heavy atom. The molecule has 2 heterocycles. The highest BCUT2D eigenvalue weighted by molar-refractivity contribution is 6.32. The van der Waals surface area contributed by atoms with Gasteiger partial charge < -0.3 is 10.5 Å². The van der Waals surface area contributed by atoms with E-state index in [0.717, 1.165) is 0 Å². The number of ether oxygens (including phenoxy) is 1. The molecule has 0 amide bonds. The summed E-state index contributed by atoms with van der Waals surface area (Å²) in [5.74, 6) is -0.537. The lowest BCUT2D eigenvalue weighted by atomic mass is 9.76. The summed E-state index contributed by atoms with van der Waals surface area (Å²) in [6.07, 6.45) is -0.415. The molecule has 0 aromatic heterocycles. The van der Waals surface area contributed by atoms with Crippen molar-refractivity contribution >= 4 is 17.3 Å². The Balaban J connectivity index is 2.14. The third-order valence-corrected chi connectivity index (χ3v) is 4.56. The molecule has 1 fully saturated rings. The Labute approximate surface area is 137 Å². The van der Waals surface area contributed by atoms with Gasteiger partial charge in [-0.05, 0) is 18.6 Å². The highest BCUT2D eigenvalue weighted by Crippen LogP contribution is 2.44. The van der Waals surface area contributed by atoms with E-state index in [9.17, 15) is 15.4 Å². The van der Waals surface area contributed by atoms with Gasteiger partial charge in [-0.3, -0.25) is 15.5 Å². The summed E-state index contributed by atoms with van der Waals surface area (Å²) < 4.78 is 5.54. The molecule has 9 heteroatoms. The van der Waals surface area contributed by atoms with E-state index >= 15 is 0 Å². The van der Waals surface area contributed by atoms with Gasteiger partial charge >= 0.3 is 0 Å². The fraction of sp³-hybridized carbons (Fsp3) is 0.357. The third-order valence-electron chi connectivity index (χ3n) is 4.24. The summed E-state index contributed by atoms with van der Waals surface area (Å²) >= 11 is 5.88. The van der Waals surface area contributed by atoms with Gasteiger partial charge in [0.25, 0.3) is 5.69 Å². The molecule has 4 N–H and O–H groups in total. The minimum absolute atomic E-state index is 0.0174. The first-order valence-electron chi connectivity index (χ1n) is 6.95. The number of allylic oxidation sites excluding steroid dienone is 1. The minimum Gasteiger partial charge on any atom is -0.458 e. The lowest BCUT2D eigenvalue weighted by Gasteiger charge is -2.34. The number of hydrogen-bond acceptors (Lipinski definition) is 7. The van der Waals surface area contributed by atoms with Gasteiger partial charge in [0.2, 0.25) is 5.88 Å². The Hall–Kier alpha value is -2.34. The first-order valence-corrected chi connectivity index (χ1v) is 7.33. The molecule has 0 aliphatic carbocycles. The lowest BCUT2D eigenvalue weighted by Crippen LogP contribution is -2.41. The highest BCUT2D eigenvalue weighted by atomic mass is 35.5. The van der Waals surface area contributed by atoms with Crippen LogP contribution >= 0.6 is 11.6 Å². The van der Waals surface area contributed by atoms with Crippen LogP contribution in [0.15, 0.2) is 29.7 Å². The Morgan fingerprint density at radius 2 is 2.22 bits per heavy atom. The number of halogens is 1. The molecule has 120 valence electrons. The van der Waals surface area contributed by atoms with Crippen LogP contribution in [-0.4, -0.2) is 17.2 Å². The van der Waals surface area contributed by atoms with E-state index in [1.165, 1.54) is 12.1 Å². The van der Waals surface area contributed by atoms with E-state index in [2.05, 4.69) is 16.9 Å². The fourth-order valence-electron chi connectivity index (χ4n) is 3.16. The number of fused-ring (bicyclic) bond motifs is 1. The number of benzene rings is 1. The molecule has 0 saturated carbocycles. The van der Waals surface area contributed by atoms with Crippen LogP contribution in [0.2, 0.25) is 5.02 Å². The second-order valence-corrected chi connectivity index (χ2v) is 5.94. The van der Waals surface area contributed by atoms with Gasteiger partial charge in [-0.25, -0.2) is 5.43 Å². The normalized spacial score (nSPS) is 29.6. The summed E-state index contributed by atoms with van der Waals surface area (Å²) in [5, 5.41) is 20.6. The molecule has 8 nitrogen and oxygen atoms in total. The quantitative estimate of drug-likeness (QED) is 0.552. The minimum atomic E-state index is -0.545. The fourth-order valence-corrected chi connectivity index (χ4v) is 3.35. The zero-order valence-corrected chi connectivity index (χ0v) is 12.9. The molecular weight excluding hydrogens is 322 g/mol. The molecule has 3 rings (SSSR count). The number of nitrogens with zero attached hydrogens (tertiary/aromatic N) is 2. The number of nitrogens with one attached hydrogen (secondary N) is 2. The van der Waals surface area contributed by atoms with E-state index < -0.39 is 17.1 Å². The number of nitrogens with two attached hydrogens (primary N) is 1. The Morgan fingerprint density at radius 3 is 2.87 bits per heavy atom. The third kappa shape index (κ3) is 2.49. The number of nitro groups is 1. The van der Waals surface area contributed by atoms with Crippen LogP contribution in [0.4, 0.5) is 5.69 Å². The number of hydrazine groups is 1. The van der Waals surface area contributed by atoms with Gasteiger partial charge in [0.15, 0.2) is 6.23 Å². The second-order valence-electron chi connectivity index (χ2n) is 5.53. The van der Waals surface area contributed by atoms with Gasteiger partial charge in [0.1, 0.15) is 11.1 Å². The van der Waals surface area contributed by atoms with Crippen LogP contribution < -0.4 is 16.6 Å². The van der Waals surface area contributed by atoms with Gasteiger partial charge in [-0.15, -0.1) is 0 Å². The molecule has 2 aliphatic heterocycles. The van der Waals surface area contributed by atoms with Gasteiger partial charge in [-0.2, -0.15) is 5.26 Å². The molecule has 1 aromatic rings. The predicted molar refractivity (Wildman–Crippen MR) is 81.8 cm³/mol. The van der Waals surface area contributed by atoms with Crippen LogP contribution in [0.1, 0.15) is 18.4 Å². The van der Waals surface area contributed by atoms with Crippen molar-refractivity contribution in [3.8, 4) is 6.07 Å². The van der Waals surface area contributed by atoms with Crippen molar-refractivity contribution in [1.82, 2.24) is 10.9 Å². The zero-order valence-electron chi connectivity index (χ0n) is 12.1. The Bertz CT molecular complexity index is 744. The first kappa shape index (κ1) is 15.6. The molecule has 2 aliphatic rings. The maximum Gasteiger partial charge on any atom is 0.288 e.